The summed E-state index contributed by atoms with van der Waals surface area (Å²) in [4.78, 5) is 19.3. The van der Waals surface area contributed by atoms with Crippen LogP contribution in [0, 0.1) is 0 Å². The molecule has 130 valence electrons. The van der Waals surface area contributed by atoms with Crippen molar-refractivity contribution in [3.63, 3.8) is 0 Å². The number of nitrogens with zero attached hydrogens (tertiary/aromatic N) is 2. The zero-order chi connectivity index (χ0) is 17.6. The number of anilines is 2. The van der Waals surface area contributed by atoms with Gasteiger partial charge in [0.1, 0.15) is 15.5 Å². The van der Waals surface area contributed by atoms with Gasteiger partial charge in [0.15, 0.2) is 0 Å². The van der Waals surface area contributed by atoms with Gasteiger partial charge in [0, 0.05) is 24.5 Å². The van der Waals surface area contributed by atoms with Gasteiger partial charge in [0.2, 0.25) is 0 Å². The quantitative estimate of drug-likeness (QED) is 0.770. The summed E-state index contributed by atoms with van der Waals surface area (Å²) in [5.74, 6) is -0.113. The minimum Gasteiger partial charge on any atom is -0.477 e. The van der Waals surface area contributed by atoms with Crippen molar-refractivity contribution in [3.8, 4) is 0 Å². The Morgan fingerprint density at radius 2 is 2.00 bits per heavy atom. The minimum absolute atomic E-state index is 0.160. The summed E-state index contributed by atoms with van der Waals surface area (Å²) < 4.78 is 0. The topological polar surface area (TPSA) is 105 Å². The van der Waals surface area contributed by atoms with Gasteiger partial charge in [-0.05, 0) is 29.9 Å². The number of pyridine rings is 1. The number of nitrogens with two attached hydrogens (primary N) is 2. The van der Waals surface area contributed by atoms with Crippen LogP contribution in [0.2, 0.25) is 0 Å². The highest BCUT2D eigenvalue weighted by Crippen LogP contribution is 2.41. The van der Waals surface area contributed by atoms with Crippen LogP contribution >= 0.6 is 11.3 Å². The van der Waals surface area contributed by atoms with E-state index in [4.69, 9.17) is 16.5 Å². The molecule has 6 nitrogen and oxygen atoms in total. The molecule has 5 N–H and O–H groups in total. The Hall–Kier alpha value is -1.86. The fraction of sp³-hybridized carbons (Fsp3) is 0.529. The first-order valence-corrected chi connectivity index (χ1v) is 8.97. The number of carboxylic acid groups (broad SMARTS) is 1. The second-order valence-corrected chi connectivity index (χ2v) is 8.43. The van der Waals surface area contributed by atoms with Crippen LogP contribution in [0.1, 0.15) is 48.8 Å². The third kappa shape index (κ3) is 2.93. The highest BCUT2D eigenvalue weighted by Gasteiger charge is 2.27. The van der Waals surface area contributed by atoms with Crippen molar-refractivity contribution in [1.82, 2.24) is 4.98 Å². The third-order valence-corrected chi connectivity index (χ3v) is 5.64. The van der Waals surface area contributed by atoms with Gasteiger partial charge in [-0.3, -0.25) is 0 Å². The zero-order valence-corrected chi connectivity index (χ0v) is 15.1. The van der Waals surface area contributed by atoms with Crippen molar-refractivity contribution in [2.45, 2.75) is 45.1 Å². The Bertz CT molecular complexity index is 786. The maximum absolute atomic E-state index is 11.5. The molecule has 1 aliphatic rings. The molecule has 0 spiro atoms. The molecule has 3 rings (SSSR count). The molecule has 0 atom stereocenters. The second-order valence-electron chi connectivity index (χ2n) is 7.43. The SMILES string of the molecule is CC(C)(C)c1cc(N2CCC(N)CC2)nc2sc(C(=O)O)c(N)c12. The first-order valence-electron chi connectivity index (χ1n) is 8.16. The average molecular weight is 348 g/mol. The van der Waals surface area contributed by atoms with Crippen molar-refractivity contribution in [3.05, 3.63) is 16.5 Å². The Kier molecular flexibility index (Phi) is 4.17. The average Bonchev–Trinajstić information content (AvgIpc) is 2.83. The lowest BCUT2D eigenvalue weighted by molar-refractivity contribution is 0.0703. The first kappa shape index (κ1) is 17.0. The number of hydrogen-bond donors (Lipinski definition) is 3. The highest BCUT2D eigenvalue weighted by molar-refractivity contribution is 7.21. The van der Waals surface area contributed by atoms with Crippen molar-refractivity contribution in [1.29, 1.82) is 0 Å². The summed E-state index contributed by atoms with van der Waals surface area (Å²) in [5.41, 5.74) is 13.3. The lowest BCUT2D eigenvalue weighted by Gasteiger charge is -2.32. The number of aromatic carboxylic acids is 1. The van der Waals surface area contributed by atoms with Crippen molar-refractivity contribution in [2.75, 3.05) is 23.7 Å². The number of aromatic nitrogens is 1. The largest absolute Gasteiger partial charge is 0.477 e. The third-order valence-electron chi connectivity index (χ3n) is 4.55. The summed E-state index contributed by atoms with van der Waals surface area (Å²) in [5, 5.41) is 10.2. The minimum atomic E-state index is -0.999. The molecule has 0 unspecified atom stereocenters. The van der Waals surface area contributed by atoms with E-state index in [1.54, 1.807) is 0 Å². The van der Waals surface area contributed by atoms with Gasteiger partial charge in [0.05, 0.1) is 5.69 Å². The van der Waals surface area contributed by atoms with Crippen molar-refractivity contribution in [2.24, 2.45) is 5.73 Å². The molecule has 2 aromatic heterocycles. The van der Waals surface area contributed by atoms with Gasteiger partial charge in [-0.1, -0.05) is 20.8 Å². The van der Waals surface area contributed by atoms with Crippen LogP contribution in [0.4, 0.5) is 11.5 Å². The van der Waals surface area contributed by atoms with Gasteiger partial charge in [-0.15, -0.1) is 11.3 Å². The van der Waals surface area contributed by atoms with Crippen LogP contribution in [-0.2, 0) is 5.41 Å². The van der Waals surface area contributed by atoms with Crippen LogP contribution in [0.5, 0.6) is 0 Å². The number of nitrogen functional groups attached to an aromatic ring is 1. The Morgan fingerprint density at radius 1 is 1.38 bits per heavy atom. The van der Waals surface area contributed by atoms with E-state index in [0.717, 1.165) is 54.0 Å². The number of carbonyl (C=O) groups is 1. The first-order chi connectivity index (χ1) is 11.2. The monoisotopic (exact) mass is 348 g/mol. The van der Waals surface area contributed by atoms with Crippen LogP contribution in [-0.4, -0.2) is 35.2 Å². The van der Waals surface area contributed by atoms with E-state index < -0.39 is 5.97 Å². The smallest absolute Gasteiger partial charge is 0.348 e. The zero-order valence-electron chi connectivity index (χ0n) is 14.3. The maximum Gasteiger partial charge on any atom is 0.348 e. The molecule has 1 saturated heterocycles. The van der Waals surface area contributed by atoms with Crippen molar-refractivity contribution < 1.29 is 9.90 Å². The van der Waals surface area contributed by atoms with Gasteiger partial charge in [-0.2, -0.15) is 0 Å². The van der Waals surface area contributed by atoms with E-state index in [9.17, 15) is 9.90 Å². The maximum atomic E-state index is 11.5. The molecule has 0 bridgehead atoms. The molecular weight excluding hydrogens is 324 g/mol. The summed E-state index contributed by atoms with van der Waals surface area (Å²) in [6, 6.07) is 2.32. The van der Waals surface area contributed by atoms with Crippen LogP contribution in [0.3, 0.4) is 0 Å². The summed E-state index contributed by atoms with van der Waals surface area (Å²) in [6.45, 7) is 8.06. The molecule has 3 heterocycles. The number of rotatable bonds is 2. The fourth-order valence-electron chi connectivity index (χ4n) is 3.15. The molecule has 24 heavy (non-hydrogen) atoms. The van der Waals surface area contributed by atoms with Gasteiger partial charge < -0.3 is 21.5 Å². The molecule has 0 amide bonds. The number of piperidine rings is 1. The fourth-order valence-corrected chi connectivity index (χ4v) is 4.10. The predicted molar refractivity (Wildman–Crippen MR) is 99.1 cm³/mol. The predicted octanol–water partition coefficient (Wildman–Crippen LogP) is 2.80. The molecule has 2 aromatic rings. The molecule has 1 aliphatic heterocycles. The van der Waals surface area contributed by atoms with E-state index in [-0.39, 0.29) is 16.3 Å². The Labute approximate surface area is 145 Å². The van der Waals surface area contributed by atoms with Gasteiger partial charge in [0.25, 0.3) is 0 Å². The number of thiophene rings is 1. The van der Waals surface area contributed by atoms with Crippen LogP contribution in [0.15, 0.2) is 6.07 Å². The lowest BCUT2D eigenvalue weighted by atomic mass is 9.85. The van der Waals surface area contributed by atoms with E-state index in [1.165, 1.54) is 0 Å². The van der Waals surface area contributed by atoms with Crippen molar-refractivity contribution >= 4 is 39.0 Å². The van der Waals surface area contributed by atoms with E-state index in [1.807, 2.05) is 0 Å². The number of fused-ring (bicyclic) bond motifs is 1. The van der Waals surface area contributed by atoms with E-state index in [0.29, 0.717) is 10.5 Å². The van der Waals surface area contributed by atoms with Crippen LogP contribution in [0.25, 0.3) is 10.2 Å². The number of carboxylic acids is 1. The molecule has 0 saturated carbocycles. The van der Waals surface area contributed by atoms with E-state index in [2.05, 4.69) is 31.7 Å². The summed E-state index contributed by atoms with van der Waals surface area (Å²) in [6.07, 6.45) is 1.88. The molecule has 0 radical (unpaired) electrons. The molecule has 1 fully saturated rings. The highest BCUT2D eigenvalue weighted by atomic mass is 32.1. The Morgan fingerprint density at radius 3 is 2.54 bits per heavy atom. The summed E-state index contributed by atoms with van der Waals surface area (Å²) in [7, 11) is 0. The van der Waals surface area contributed by atoms with E-state index >= 15 is 0 Å². The molecule has 0 aromatic carbocycles. The van der Waals surface area contributed by atoms with Gasteiger partial charge >= 0.3 is 5.97 Å². The Balaban J connectivity index is 2.18. The standard InChI is InChI=1S/C17H24N4O2S/c1-17(2,3)10-8-11(21-6-4-9(18)5-7-21)20-15-12(10)13(19)14(24-15)16(22)23/h8-9H,4-7,18-19H2,1-3H3,(H,22,23). The van der Waals surface area contributed by atoms with Gasteiger partial charge in [-0.25, -0.2) is 9.78 Å². The summed E-state index contributed by atoms with van der Waals surface area (Å²) >= 11 is 1.15. The molecule has 0 aliphatic carbocycles. The van der Waals surface area contributed by atoms with Crippen LogP contribution < -0.4 is 16.4 Å². The molecular formula is C17H24N4O2S. The normalized spacial score (nSPS) is 16.8. The second kappa shape index (κ2) is 5.89. The molecule has 7 heteroatoms. The lowest BCUT2D eigenvalue weighted by Crippen LogP contribution is -2.40. The number of hydrogen-bond acceptors (Lipinski definition) is 6.